The molecule has 0 aromatic rings. The Morgan fingerprint density at radius 2 is 2.05 bits per heavy atom. The van der Waals surface area contributed by atoms with E-state index < -0.39 is 53.8 Å². The molecule has 4 aliphatic carbocycles. The van der Waals surface area contributed by atoms with Crippen molar-refractivity contribution in [3.63, 3.8) is 0 Å². The molecule has 2 N–H and O–H groups in total. The van der Waals surface area contributed by atoms with Crippen molar-refractivity contribution in [3.05, 3.63) is 23.8 Å². The Kier molecular flexibility index (Phi) is 7.78. The number of fused-ring (bicyclic) bond motifs is 7. The van der Waals surface area contributed by atoms with Crippen LogP contribution in [0, 0.1) is 28.6 Å². The molecule has 1 amide bonds. The summed E-state index contributed by atoms with van der Waals surface area (Å²) in [4.78, 5) is 40.2. The summed E-state index contributed by atoms with van der Waals surface area (Å²) in [5.41, 5.74) is -2.66. The molecule has 5 rings (SSSR count). The van der Waals surface area contributed by atoms with Gasteiger partial charge in [0.1, 0.15) is 6.17 Å². The van der Waals surface area contributed by atoms with Gasteiger partial charge in [-0.15, -0.1) is 0 Å². The molecule has 0 bridgehead atoms. The molecular formula is C30H43FN2O7. The van der Waals surface area contributed by atoms with Crippen molar-refractivity contribution in [2.45, 2.75) is 83.1 Å². The average Bonchev–Trinajstić information content (AvgIpc) is 3.38. The van der Waals surface area contributed by atoms with E-state index in [0.29, 0.717) is 31.5 Å². The molecule has 0 radical (unpaired) electrons. The van der Waals surface area contributed by atoms with E-state index in [-0.39, 0.29) is 42.2 Å². The molecule has 222 valence electrons. The quantitative estimate of drug-likeness (QED) is 0.464. The fourth-order valence-corrected chi connectivity index (χ4v) is 8.73. The molecule has 40 heavy (non-hydrogen) atoms. The van der Waals surface area contributed by atoms with Crippen molar-refractivity contribution in [2.24, 2.45) is 28.6 Å². The predicted molar refractivity (Wildman–Crippen MR) is 144 cm³/mol. The van der Waals surface area contributed by atoms with Gasteiger partial charge in [0.05, 0.1) is 12.2 Å². The molecule has 1 saturated heterocycles. The lowest BCUT2D eigenvalue weighted by molar-refractivity contribution is -0.202. The molecule has 0 aromatic carbocycles. The Balaban J connectivity index is 1.46. The van der Waals surface area contributed by atoms with E-state index >= 15 is 4.39 Å². The van der Waals surface area contributed by atoms with E-state index in [0.717, 1.165) is 6.42 Å². The van der Waals surface area contributed by atoms with E-state index in [9.17, 15) is 19.5 Å². The van der Waals surface area contributed by atoms with Gasteiger partial charge in [-0.25, -0.2) is 9.18 Å². The molecular weight excluding hydrogens is 519 g/mol. The first kappa shape index (κ1) is 29.4. The van der Waals surface area contributed by atoms with Crippen LogP contribution < -0.4 is 5.32 Å². The number of ether oxygens (including phenoxy) is 3. The van der Waals surface area contributed by atoms with E-state index in [1.54, 1.807) is 20.2 Å². The van der Waals surface area contributed by atoms with E-state index in [4.69, 9.17) is 14.2 Å². The molecule has 0 spiro atoms. The number of nitrogens with zero attached hydrogens (tertiary/aromatic N) is 1. The van der Waals surface area contributed by atoms with Crippen LogP contribution in [0.1, 0.15) is 52.9 Å². The van der Waals surface area contributed by atoms with Gasteiger partial charge in [-0.1, -0.05) is 33.3 Å². The lowest BCUT2D eigenvalue weighted by Gasteiger charge is -2.60. The summed E-state index contributed by atoms with van der Waals surface area (Å²) in [6, 6.07) is 0. The molecule has 3 saturated carbocycles. The third kappa shape index (κ3) is 4.28. The Morgan fingerprint density at radius 1 is 1.30 bits per heavy atom. The summed E-state index contributed by atoms with van der Waals surface area (Å²) in [6.45, 7) is 6.39. The van der Waals surface area contributed by atoms with Crippen molar-refractivity contribution >= 4 is 17.7 Å². The molecule has 1 aliphatic heterocycles. The summed E-state index contributed by atoms with van der Waals surface area (Å²) < 4.78 is 34.1. The Labute approximate surface area is 235 Å². The third-order valence-corrected chi connectivity index (χ3v) is 10.5. The first-order valence-corrected chi connectivity index (χ1v) is 14.6. The molecule has 3 unspecified atom stereocenters. The number of nitrogens with one attached hydrogen (secondary N) is 1. The second-order valence-corrected chi connectivity index (χ2v) is 12.7. The third-order valence-electron chi connectivity index (χ3n) is 10.5. The summed E-state index contributed by atoms with van der Waals surface area (Å²) in [6.07, 6.45) is 2.92. The van der Waals surface area contributed by atoms with Gasteiger partial charge >= 0.3 is 6.09 Å². The topological polar surface area (TPSA) is 114 Å². The normalized spacial score (nSPS) is 43.3. The summed E-state index contributed by atoms with van der Waals surface area (Å²) >= 11 is 0. The zero-order chi connectivity index (χ0) is 29.0. The minimum absolute atomic E-state index is 0.158. The Bertz CT molecular complexity index is 1110. The Hall–Kier alpha value is -2.14. The average molecular weight is 563 g/mol. The Morgan fingerprint density at radius 3 is 2.75 bits per heavy atom. The molecule has 0 aromatic heterocycles. The van der Waals surface area contributed by atoms with Crippen molar-refractivity contribution < 1.29 is 38.1 Å². The zero-order valence-corrected chi connectivity index (χ0v) is 24.2. The van der Waals surface area contributed by atoms with Gasteiger partial charge in [-0.05, 0) is 62.3 Å². The van der Waals surface area contributed by atoms with Crippen LogP contribution in [-0.2, 0) is 23.8 Å². The van der Waals surface area contributed by atoms with E-state index in [1.165, 1.54) is 17.1 Å². The highest BCUT2D eigenvalue weighted by atomic mass is 19.1. The fourth-order valence-electron chi connectivity index (χ4n) is 8.73. The molecule has 9 nitrogen and oxygen atoms in total. The van der Waals surface area contributed by atoms with Crippen LogP contribution in [0.25, 0.3) is 0 Å². The highest BCUT2D eigenvalue weighted by molar-refractivity contribution is 6.01. The van der Waals surface area contributed by atoms with Gasteiger partial charge in [0.2, 0.25) is 5.78 Å². The van der Waals surface area contributed by atoms with Crippen LogP contribution in [0.4, 0.5) is 9.18 Å². The minimum atomic E-state index is -1.42. The molecule has 1 heterocycles. The SMILES string of the molecule is CCCC1O[C@@H]2CC3[C@@H]4C[C@H](F)C5=CC(=O)C=C[C@]5(C)C4[C@@H](O)C[C@]3(C)[C@]2(C(=O)COC(=O)N(C)CCNC)O1. The number of likely N-dealkylation sites (N-methyl/N-ethyl adjacent to an activating group) is 2. The second kappa shape index (κ2) is 10.6. The molecule has 4 fully saturated rings. The van der Waals surface area contributed by atoms with Crippen molar-refractivity contribution in [1.29, 1.82) is 0 Å². The largest absolute Gasteiger partial charge is 0.441 e. The lowest BCUT2D eigenvalue weighted by Crippen LogP contribution is -2.64. The van der Waals surface area contributed by atoms with Crippen LogP contribution in [0.15, 0.2) is 23.8 Å². The number of aliphatic hydroxyl groups is 1. The minimum Gasteiger partial charge on any atom is -0.441 e. The smallest absolute Gasteiger partial charge is 0.409 e. The highest BCUT2D eigenvalue weighted by Crippen LogP contribution is 2.70. The number of hydrogen-bond acceptors (Lipinski definition) is 8. The number of carbonyl (C=O) groups is 3. The lowest BCUT2D eigenvalue weighted by atomic mass is 9.46. The van der Waals surface area contributed by atoms with Gasteiger partial charge in [0.25, 0.3) is 0 Å². The van der Waals surface area contributed by atoms with Crippen LogP contribution in [-0.4, -0.2) is 91.7 Å². The van der Waals surface area contributed by atoms with Gasteiger partial charge in [0, 0.05) is 36.9 Å². The van der Waals surface area contributed by atoms with Crippen molar-refractivity contribution in [2.75, 3.05) is 33.8 Å². The van der Waals surface area contributed by atoms with Gasteiger partial charge in [-0.2, -0.15) is 0 Å². The highest BCUT2D eigenvalue weighted by Gasteiger charge is 2.76. The molecule has 5 aliphatic rings. The van der Waals surface area contributed by atoms with Crippen molar-refractivity contribution in [1.82, 2.24) is 10.2 Å². The first-order chi connectivity index (χ1) is 18.9. The fraction of sp³-hybridized carbons (Fsp3) is 0.767. The maximum Gasteiger partial charge on any atom is 0.409 e. The number of ketones is 2. The number of carbonyl (C=O) groups excluding carboxylic acids is 3. The van der Waals surface area contributed by atoms with Crippen LogP contribution in [0.3, 0.4) is 0 Å². The maximum atomic E-state index is 15.8. The van der Waals surface area contributed by atoms with Crippen LogP contribution in [0.2, 0.25) is 0 Å². The number of amides is 1. The van der Waals surface area contributed by atoms with Crippen LogP contribution >= 0.6 is 0 Å². The second-order valence-electron chi connectivity index (χ2n) is 12.7. The standard InChI is InChI=1S/C30H43FN2O7/c1-6-7-25-39-24-14-19-18-13-21(31)20-12-17(34)8-9-28(20,2)26(18)22(35)15-29(19,3)30(24,40-25)23(36)16-38-27(37)33(5)11-10-32-4/h8-9,12,18-19,21-22,24-26,32,35H,6-7,10-11,13-16H2,1-5H3/t18-,19?,21-,22-,24+,25?,26?,28-,29-,30+/m0/s1. The maximum absolute atomic E-state index is 15.8. The molecule has 10 atom stereocenters. The number of allylic oxidation sites excluding steroid dienone is 4. The van der Waals surface area contributed by atoms with E-state index in [2.05, 4.69) is 5.32 Å². The predicted octanol–water partition coefficient (Wildman–Crippen LogP) is 2.96. The molecule has 10 heteroatoms. The number of Topliss-reactive ketones (excluding diaryl/α,β-unsaturated/α-hetero) is 1. The van der Waals surface area contributed by atoms with Gasteiger partial charge < -0.3 is 29.5 Å². The zero-order valence-electron chi connectivity index (χ0n) is 24.2. The monoisotopic (exact) mass is 562 g/mol. The first-order valence-electron chi connectivity index (χ1n) is 14.6. The number of rotatable bonds is 8. The van der Waals surface area contributed by atoms with Crippen molar-refractivity contribution in [3.8, 4) is 0 Å². The summed E-state index contributed by atoms with van der Waals surface area (Å²) in [5.74, 6) is -1.37. The number of hydrogen-bond donors (Lipinski definition) is 2. The van der Waals surface area contributed by atoms with Gasteiger partial charge in [0.15, 0.2) is 24.3 Å². The number of alkyl halides is 1. The van der Waals surface area contributed by atoms with Gasteiger partial charge in [-0.3, -0.25) is 9.59 Å². The van der Waals surface area contributed by atoms with E-state index in [1.807, 2.05) is 20.8 Å². The number of halogens is 1. The van der Waals surface area contributed by atoms with Crippen LogP contribution in [0.5, 0.6) is 0 Å². The number of aliphatic hydroxyl groups excluding tert-OH is 1. The summed E-state index contributed by atoms with van der Waals surface area (Å²) in [7, 11) is 3.39. The summed E-state index contributed by atoms with van der Waals surface area (Å²) in [5, 5.41) is 14.7.